The minimum absolute atomic E-state index is 0.127. The van der Waals surface area contributed by atoms with Crippen LogP contribution in [0.3, 0.4) is 0 Å². The fourth-order valence-corrected chi connectivity index (χ4v) is 5.09. The Morgan fingerprint density at radius 3 is 2.44 bits per heavy atom. The zero-order valence-corrected chi connectivity index (χ0v) is 20.0. The maximum atomic E-state index is 12.5. The number of para-hydroxylation sites is 1. The van der Waals surface area contributed by atoms with Gasteiger partial charge in [-0.3, -0.25) is 14.9 Å². The summed E-state index contributed by atoms with van der Waals surface area (Å²) in [5.74, 6) is 1.64. The molecule has 4 N–H and O–H groups in total. The second-order valence-electron chi connectivity index (χ2n) is 9.00. The molecular formula is C27H28N6O3. The maximum absolute atomic E-state index is 12.5. The number of nitrogens with zero attached hydrogens (tertiary/aromatic N) is 3. The summed E-state index contributed by atoms with van der Waals surface area (Å²) >= 11 is 0. The second kappa shape index (κ2) is 9.79. The molecule has 1 aliphatic rings. The third kappa shape index (κ3) is 4.29. The topological polar surface area (TPSA) is 124 Å². The van der Waals surface area contributed by atoms with Crippen LogP contribution in [0.5, 0.6) is 11.5 Å². The lowest BCUT2D eigenvalue weighted by atomic mass is 9.78. The molecule has 0 aliphatic heterocycles. The number of nitrogens with two attached hydrogens (primary N) is 1. The minimum atomic E-state index is -0.758. The van der Waals surface area contributed by atoms with Crippen LogP contribution in [0.15, 0.2) is 67.1 Å². The lowest BCUT2D eigenvalue weighted by Gasteiger charge is -2.38. The Balaban J connectivity index is 1.44. The molecule has 0 saturated heterocycles. The van der Waals surface area contributed by atoms with E-state index in [2.05, 4.69) is 31.4 Å². The average molecular weight is 485 g/mol. The molecule has 9 nitrogen and oxygen atoms in total. The summed E-state index contributed by atoms with van der Waals surface area (Å²) in [6, 6.07) is 17.6. The highest BCUT2D eigenvalue weighted by atomic mass is 16.5. The van der Waals surface area contributed by atoms with Gasteiger partial charge in [0.05, 0.1) is 10.9 Å². The minimum Gasteiger partial charge on any atom is -0.457 e. The zero-order chi connectivity index (χ0) is 25.1. The lowest BCUT2D eigenvalue weighted by Crippen LogP contribution is -2.57. The van der Waals surface area contributed by atoms with Crippen LogP contribution < -0.4 is 21.1 Å². The van der Waals surface area contributed by atoms with E-state index < -0.39 is 5.54 Å². The predicted octanol–water partition coefficient (Wildman–Crippen LogP) is 3.82. The summed E-state index contributed by atoms with van der Waals surface area (Å²) in [6.45, 7) is 0. The van der Waals surface area contributed by atoms with Gasteiger partial charge in [-0.2, -0.15) is 0 Å². The summed E-state index contributed by atoms with van der Waals surface area (Å²) in [5, 5.41) is 6.25. The molecule has 0 spiro atoms. The number of carbonyl (C=O) groups excluding carboxylic acids is 2. The summed E-state index contributed by atoms with van der Waals surface area (Å²) in [5.41, 5.74) is 8.25. The molecule has 4 aromatic rings. The van der Waals surface area contributed by atoms with E-state index in [1.165, 1.54) is 6.33 Å². The van der Waals surface area contributed by atoms with Crippen molar-refractivity contribution in [1.82, 2.24) is 25.2 Å². The number of hydrogen-bond acceptors (Lipinski definition) is 7. The van der Waals surface area contributed by atoms with Crippen LogP contribution in [-0.4, -0.2) is 39.4 Å². The van der Waals surface area contributed by atoms with Gasteiger partial charge in [0.2, 0.25) is 12.3 Å². The van der Waals surface area contributed by atoms with Gasteiger partial charge in [-0.15, -0.1) is 0 Å². The molecule has 5 rings (SSSR count). The second-order valence-corrected chi connectivity index (χ2v) is 9.00. The smallest absolute Gasteiger partial charge is 0.246 e. The van der Waals surface area contributed by atoms with E-state index in [0.717, 1.165) is 46.5 Å². The lowest BCUT2D eigenvalue weighted by molar-refractivity contribution is -0.132. The van der Waals surface area contributed by atoms with Crippen molar-refractivity contribution in [3.05, 3.63) is 67.1 Å². The number of nitrogens with one attached hydrogen (secondary N) is 2. The van der Waals surface area contributed by atoms with Gasteiger partial charge < -0.3 is 20.4 Å². The van der Waals surface area contributed by atoms with E-state index >= 15 is 0 Å². The van der Waals surface area contributed by atoms with Crippen molar-refractivity contribution in [2.24, 2.45) is 0 Å². The number of hydrogen-bond donors (Lipinski definition) is 3. The number of benzene rings is 2. The number of nitrogen functional groups attached to an aromatic ring is 1. The fourth-order valence-electron chi connectivity index (χ4n) is 5.09. The summed E-state index contributed by atoms with van der Waals surface area (Å²) in [4.78, 5) is 32.2. The van der Waals surface area contributed by atoms with E-state index in [4.69, 9.17) is 10.5 Å². The Labute approximate surface area is 208 Å². The number of ether oxygens (including phenoxy) is 1. The monoisotopic (exact) mass is 484 g/mol. The van der Waals surface area contributed by atoms with Crippen molar-refractivity contribution in [3.63, 3.8) is 0 Å². The van der Waals surface area contributed by atoms with Crippen LogP contribution in [0.1, 0.15) is 31.7 Å². The van der Waals surface area contributed by atoms with Gasteiger partial charge in [-0.25, -0.2) is 9.97 Å². The van der Waals surface area contributed by atoms with Crippen LogP contribution in [0.2, 0.25) is 0 Å². The van der Waals surface area contributed by atoms with Crippen molar-refractivity contribution in [2.45, 2.75) is 37.3 Å². The molecule has 2 amide bonds. The van der Waals surface area contributed by atoms with Gasteiger partial charge in [0.1, 0.15) is 29.3 Å². The number of amides is 2. The van der Waals surface area contributed by atoms with Gasteiger partial charge in [0, 0.05) is 17.8 Å². The van der Waals surface area contributed by atoms with Gasteiger partial charge in [0.15, 0.2) is 0 Å². The molecule has 0 bridgehead atoms. The first-order valence-electron chi connectivity index (χ1n) is 11.9. The van der Waals surface area contributed by atoms with Crippen molar-refractivity contribution < 1.29 is 14.3 Å². The highest BCUT2D eigenvalue weighted by Gasteiger charge is 2.41. The molecule has 0 unspecified atom stereocenters. The van der Waals surface area contributed by atoms with Crippen molar-refractivity contribution in [2.75, 3.05) is 12.8 Å². The largest absolute Gasteiger partial charge is 0.457 e. The van der Waals surface area contributed by atoms with Gasteiger partial charge >= 0.3 is 0 Å². The molecule has 1 aliphatic carbocycles. The Morgan fingerprint density at radius 2 is 1.78 bits per heavy atom. The summed E-state index contributed by atoms with van der Waals surface area (Å²) in [6.07, 6.45) is 6.66. The molecular weight excluding hydrogens is 456 g/mol. The molecule has 184 valence electrons. The predicted molar refractivity (Wildman–Crippen MR) is 137 cm³/mol. The number of likely N-dealkylation sites (N-methyl/N-ethyl adjacent to an activating group) is 1. The molecule has 36 heavy (non-hydrogen) atoms. The van der Waals surface area contributed by atoms with Crippen LogP contribution in [0, 0.1) is 0 Å². The van der Waals surface area contributed by atoms with Crippen molar-refractivity contribution >= 4 is 29.2 Å². The summed E-state index contributed by atoms with van der Waals surface area (Å²) in [7, 11) is 1.76. The van der Waals surface area contributed by atoms with Crippen LogP contribution in [0.4, 0.5) is 5.82 Å². The first-order chi connectivity index (χ1) is 17.5. The normalized spacial score (nSPS) is 19.6. The average Bonchev–Trinajstić information content (AvgIpc) is 3.31. The number of rotatable bonds is 7. The van der Waals surface area contributed by atoms with Crippen molar-refractivity contribution in [3.8, 4) is 22.6 Å². The van der Waals surface area contributed by atoms with Crippen LogP contribution in [0.25, 0.3) is 22.2 Å². The number of anilines is 1. The fraction of sp³-hybridized carbons (Fsp3) is 0.259. The van der Waals surface area contributed by atoms with Crippen LogP contribution in [-0.2, 0) is 9.59 Å². The van der Waals surface area contributed by atoms with Gasteiger partial charge in [0.25, 0.3) is 0 Å². The molecule has 9 heteroatoms. The van der Waals surface area contributed by atoms with E-state index in [1.807, 2.05) is 54.6 Å². The zero-order valence-electron chi connectivity index (χ0n) is 20.0. The molecule has 2 aromatic heterocycles. The van der Waals surface area contributed by atoms with Crippen LogP contribution >= 0.6 is 0 Å². The molecule has 1 saturated carbocycles. The third-order valence-electron chi connectivity index (χ3n) is 7.09. The maximum Gasteiger partial charge on any atom is 0.246 e. The summed E-state index contributed by atoms with van der Waals surface area (Å²) < 4.78 is 8.08. The number of imide groups is 1. The number of aromatic nitrogens is 3. The van der Waals surface area contributed by atoms with E-state index in [1.54, 1.807) is 7.05 Å². The SMILES string of the molecule is CNC1(C(=O)NC=O)CCC(n2cc(-c3ccc(Oc4ccccc4)cc3)c3c(N)ncnc32)CC1. The Bertz CT molecular complexity index is 1380. The standard InChI is InChI=1S/C27H28N6O3/c1-29-27(26(35)32-17-34)13-11-19(12-14-27)33-15-22(23-24(28)30-16-31-25(23)33)18-7-9-21(10-8-18)36-20-5-3-2-4-6-20/h2-10,15-17,19,29H,11-14H2,1H3,(H2,28,30,31)(H,32,34,35). The van der Waals surface area contributed by atoms with Gasteiger partial charge in [-0.05, 0) is 62.6 Å². The first-order valence-corrected chi connectivity index (χ1v) is 11.9. The van der Waals surface area contributed by atoms with E-state index in [-0.39, 0.29) is 11.9 Å². The number of carbonyl (C=O) groups is 2. The van der Waals surface area contributed by atoms with Crippen molar-refractivity contribution in [1.29, 1.82) is 0 Å². The molecule has 2 aromatic carbocycles. The quantitative estimate of drug-likeness (QED) is 0.341. The Hall–Kier alpha value is -4.24. The Kier molecular flexibility index (Phi) is 6.39. The third-order valence-corrected chi connectivity index (χ3v) is 7.09. The number of fused-ring (bicyclic) bond motifs is 1. The van der Waals surface area contributed by atoms with E-state index in [9.17, 15) is 9.59 Å². The molecule has 0 radical (unpaired) electrons. The molecule has 1 fully saturated rings. The first kappa shape index (κ1) is 23.5. The molecule has 0 atom stereocenters. The van der Waals surface area contributed by atoms with Gasteiger partial charge in [-0.1, -0.05) is 30.3 Å². The highest BCUT2D eigenvalue weighted by Crippen LogP contribution is 2.40. The molecule has 2 heterocycles. The highest BCUT2D eigenvalue weighted by molar-refractivity contribution is 6.00. The van der Waals surface area contributed by atoms with E-state index in [0.29, 0.717) is 25.1 Å². The Morgan fingerprint density at radius 1 is 1.08 bits per heavy atom.